The van der Waals surface area contributed by atoms with Gasteiger partial charge in [-0.1, -0.05) is 34.1 Å². The average Bonchev–Trinajstić information content (AvgIpc) is 2.99. The van der Waals surface area contributed by atoms with Gasteiger partial charge in [0.15, 0.2) is 0 Å². The standard InChI is InChI=1S/C19H23BrN2OS/c1-23-18-7-6-16(20)10-15(18)13-24-19-5-3-2-4-14(19)11-22-9-8-17(21)12-22/h2-7,10,17H,8-9,11-13,21H2,1H3. The van der Waals surface area contributed by atoms with Crippen LogP contribution >= 0.6 is 27.7 Å². The summed E-state index contributed by atoms with van der Waals surface area (Å²) in [6.45, 7) is 3.07. The molecule has 0 amide bonds. The minimum absolute atomic E-state index is 0.329. The Morgan fingerprint density at radius 3 is 2.83 bits per heavy atom. The molecule has 0 spiro atoms. The summed E-state index contributed by atoms with van der Waals surface area (Å²) < 4.78 is 6.56. The smallest absolute Gasteiger partial charge is 0.122 e. The molecular weight excluding hydrogens is 384 g/mol. The first kappa shape index (κ1) is 17.8. The zero-order valence-corrected chi connectivity index (χ0v) is 16.3. The Labute approximate surface area is 156 Å². The lowest BCUT2D eigenvalue weighted by atomic mass is 10.2. The highest BCUT2D eigenvalue weighted by Gasteiger charge is 2.19. The van der Waals surface area contributed by atoms with Crippen molar-refractivity contribution in [2.45, 2.75) is 29.7 Å². The van der Waals surface area contributed by atoms with Crippen LogP contribution in [0, 0.1) is 0 Å². The summed E-state index contributed by atoms with van der Waals surface area (Å²) in [4.78, 5) is 3.78. The number of hydrogen-bond acceptors (Lipinski definition) is 4. The molecule has 2 aromatic rings. The van der Waals surface area contributed by atoms with Gasteiger partial charge in [0.1, 0.15) is 5.75 Å². The van der Waals surface area contributed by atoms with Crippen molar-refractivity contribution >= 4 is 27.7 Å². The van der Waals surface area contributed by atoms with Crippen molar-refractivity contribution in [3.8, 4) is 5.75 Å². The molecule has 2 aromatic carbocycles. The Bertz CT molecular complexity index is 695. The van der Waals surface area contributed by atoms with E-state index in [2.05, 4.69) is 51.2 Å². The molecule has 1 saturated heterocycles. The zero-order chi connectivity index (χ0) is 16.9. The number of methoxy groups -OCH3 is 1. The molecule has 1 unspecified atom stereocenters. The van der Waals surface area contributed by atoms with Crippen molar-refractivity contribution < 1.29 is 4.74 Å². The van der Waals surface area contributed by atoms with E-state index in [4.69, 9.17) is 10.5 Å². The predicted octanol–water partition coefficient (Wildman–Crippen LogP) is 4.28. The van der Waals surface area contributed by atoms with Crippen molar-refractivity contribution in [1.82, 2.24) is 4.90 Å². The second kappa shape index (κ2) is 8.39. The number of ether oxygens (including phenoxy) is 1. The van der Waals surface area contributed by atoms with E-state index in [1.165, 1.54) is 16.0 Å². The van der Waals surface area contributed by atoms with Crippen LogP contribution in [0.3, 0.4) is 0 Å². The summed E-state index contributed by atoms with van der Waals surface area (Å²) in [5, 5.41) is 0. The average molecular weight is 407 g/mol. The van der Waals surface area contributed by atoms with E-state index in [1.807, 2.05) is 23.9 Å². The molecule has 0 radical (unpaired) electrons. The second-order valence-electron chi connectivity index (χ2n) is 6.14. The second-order valence-corrected chi connectivity index (χ2v) is 8.07. The minimum atomic E-state index is 0.329. The number of halogens is 1. The SMILES string of the molecule is COc1ccc(Br)cc1CSc1ccccc1CN1CCC(N)C1. The van der Waals surface area contributed by atoms with Gasteiger partial charge in [-0.25, -0.2) is 0 Å². The van der Waals surface area contributed by atoms with Crippen LogP contribution in [0.25, 0.3) is 0 Å². The van der Waals surface area contributed by atoms with Gasteiger partial charge in [0.05, 0.1) is 7.11 Å². The van der Waals surface area contributed by atoms with E-state index in [1.54, 1.807) is 7.11 Å². The molecule has 24 heavy (non-hydrogen) atoms. The van der Waals surface area contributed by atoms with Crippen molar-refractivity contribution in [1.29, 1.82) is 0 Å². The molecule has 1 aliphatic rings. The summed E-state index contributed by atoms with van der Waals surface area (Å²) >= 11 is 5.41. The Morgan fingerprint density at radius 2 is 2.08 bits per heavy atom. The van der Waals surface area contributed by atoms with Crippen LogP contribution in [0.15, 0.2) is 51.8 Å². The Kier molecular flexibility index (Phi) is 6.22. The highest BCUT2D eigenvalue weighted by atomic mass is 79.9. The van der Waals surface area contributed by atoms with Crippen LogP contribution in [-0.2, 0) is 12.3 Å². The van der Waals surface area contributed by atoms with Crippen LogP contribution < -0.4 is 10.5 Å². The van der Waals surface area contributed by atoms with Crippen LogP contribution in [0.5, 0.6) is 5.75 Å². The fourth-order valence-electron chi connectivity index (χ4n) is 3.04. The normalized spacial score (nSPS) is 18.0. The number of likely N-dealkylation sites (tertiary alicyclic amines) is 1. The summed E-state index contributed by atoms with van der Waals surface area (Å²) in [6.07, 6.45) is 1.10. The van der Waals surface area contributed by atoms with Gasteiger partial charge in [0.2, 0.25) is 0 Å². The first-order valence-electron chi connectivity index (χ1n) is 8.17. The number of rotatable bonds is 6. The lowest BCUT2D eigenvalue weighted by Crippen LogP contribution is -2.26. The minimum Gasteiger partial charge on any atom is -0.496 e. The van der Waals surface area contributed by atoms with E-state index in [-0.39, 0.29) is 0 Å². The van der Waals surface area contributed by atoms with Crippen molar-refractivity contribution in [2.75, 3.05) is 20.2 Å². The molecule has 1 atom stereocenters. The third-order valence-corrected chi connectivity index (χ3v) is 5.96. The van der Waals surface area contributed by atoms with Crippen LogP contribution in [0.2, 0.25) is 0 Å². The van der Waals surface area contributed by atoms with Crippen LogP contribution in [0.4, 0.5) is 0 Å². The number of hydrogen-bond donors (Lipinski definition) is 1. The molecule has 0 saturated carbocycles. The summed E-state index contributed by atoms with van der Waals surface area (Å²) in [6, 6.07) is 15.2. The van der Waals surface area contributed by atoms with Gasteiger partial charge in [0.25, 0.3) is 0 Å². The highest BCUT2D eigenvalue weighted by Crippen LogP contribution is 2.32. The maximum absolute atomic E-state index is 6.03. The summed E-state index contributed by atoms with van der Waals surface area (Å²) in [7, 11) is 1.72. The van der Waals surface area contributed by atoms with Crippen LogP contribution in [-0.4, -0.2) is 31.1 Å². The largest absolute Gasteiger partial charge is 0.496 e. The lowest BCUT2D eigenvalue weighted by Gasteiger charge is -2.18. The van der Waals surface area contributed by atoms with Gasteiger partial charge in [-0.3, -0.25) is 4.90 Å². The molecule has 5 heteroatoms. The fraction of sp³-hybridized carbons (Fsp3) is 0.368. The van der Waals surface area contributed by atoms with Gasteiger partial charge in [-0.05, 0) is 36.2 Å². The molecular formula is C19H23BrN2OS. The Balaban J connectivity index is 1.70. The maximum Gasteiger partial charge on any atom is 0.122 e. The van der Waals surface area contributed by atoms with E-state index < -0.39 is 0 Å². The molecule has 0 aromatic heterocycles. The van der Waals surface area contributed by atoms with Crippen molar-refractivity contribution in [3.63, 3.8) is 0 Å². The van der Waals surface area contributed by atoms with Crippen molar-refractivity contribution in [3.05, 3.63) is 58.1 Å². The maximum atomic E-state index is 6.03. The van der Waals surface area contributed by atoms with E-state index in [0.29, 0.717) is 6.04 Å². The number of nitrogens with two attached hydrogens (primary N) is 1. The lowest BCUT2D eigenvalue weighted by molar-refractivity contribution is 0.324. The van der Waals surface area contributed by atoms with Gasteiger partial charge >= 0.3 is 0 Å². The topological polar surface area (TPSA) is 38.5 Å². The first-order chi connectivity index (χ1) is 11.7. The molecule has 0 aliphatic carbocycles. The molecule has 1 fully saturated rings. The van der Waals surface area contributed by atoms with Gasteiger partial charge in [-0.15, -0.1) is 11.8 Å². The zero-order valence-electron chi connectivity index (χ0n) is 13.9. The molecule has 2 N–H and O–H groups in total. The number of thioether (sulfide) groups is 1. The Hall–Kier alpha value is -1.01. The molecule has 1 aliphatic heterocycles. The molecule has 128 valence electrons. The molecule has 3 rings (SSSR count). The van der Waals surface area contributed by atoms with Crippen LogP contribution in [0.1, 0.15) is 17.5 Å². The number of nitrogens with zero attached hydrogens (tertiary/aromatic N) is 1. The van der Waals surface area contributed by atoms with E-state index >= 15 is 0 Å². The van der Waals surface area contributed by atoms with Gasteiger partial charge in [-0.2, -0.15) is 0 Å². The molecule has 0 bridgehead atoms. The quantitative estimate of drug-likeness (QED) is 0.726. The number of benzene rings is 2. The van der Waals surface area contributed by atoms with Crippen molar-refractivity contribution in [2.24, 2.45) is 5.73 Å². The monoisotopic (exact) mass is 406 g/mol. The molecule has 3 nitrogen and oxygen atoms in total. The van der Waals surface area contributed by atoms with E-state index in [9.17, 15) is 0 Å². The fourth-order valence-corrected chi connectivity index (χ4v) is 4.48. The van der Waals surface area contributed by atoms with Gasteiger partial charge < -0.3 is 10.5 Å². The third-order valence-electron chi connectivity index (χ3n) is 4.30. The summed E-state index contributed by atoms with van der Waals surface area (Å²) in [5.41, 5.74) is 8.62. The third kappa shape index (κ3) is 4.54. The summed E-state index contributed by atoms with van der Waals surface area (Å²) in [5.74, 6) is 1.83. The van der Waals surface area contributed by atoms with Gasteiger partial charge in [0, 0.05) is 46.4 Å². The molecule has 1 heterocycles. The highest BCUT2D eigenvalue weighted by molar-refractivity contribution is 9.10. The first-order valence-corrected chi connectivity index (χ1v) is 9.94. The van der Waals surface area contributed by atoms with E-state index in [0.717, 1.165) is 42.0 Å². The predicted molar refractivity (Wildman–Crippen MR) is 105 cm³/mol. The Morgan fingerprint density at radius 1 is 1.25 bits per heavy atom.